The lowest BCUT2D eigenvalue weighted by Gasteiger charge is -2.09. The van der Waals surface area contributed by atoms with Crippen LogP contribution in [0.1, 0.15) is 5.56 Å². The molecule has 0 saturated carbocycles. The van der Waals surface area contributed by atoms with Crippen LogP contribution in [0.3, 0.4) is 0 Å². The number of nitrogens with one attached hydrogen (secondary N) is 1. The Labute approximate surface area is 116 Å². The molecule has 0 unspecified atom stereocenters. The molecular weight excluding hydrogens is 253 g/mol. The Kier molecular flexibility index (Phi) is 3.46. The van der Waals surface area contributed by atoms with Crippen LogP contribution in [0, 0.1) is 5.82 Å². The van der Waals surface area contributed by atoms with Gasteiger partial charge in [0.1, 0.15) is 5.82 Å². The molecule has 4 heteroatoms. The van der Waals surface area contributed by atoms with Gasteiger partial charge >= 0.3 is 0 Å². The van der Waals surface area contributed by atoms with Crippen LogP contribution in [0.4, 0.5) is 10.1 Å². The van der Waals surface area contributed by atoms with Crippen LogP contribution < -0.4 is 5.32 Å². The minimum absolute atomic E-state index is 0.212. The predicted octanol–water partition coefficient (Wildman–Crippen LogP) is 3.62. The molecule has 0 atom stereocenters. The molecule has 0 aliphatic carbocycles. The molecule has 3 aromatic rings. The van der Waals surface area contributed by atoms with Gasteiger partial charge in [0, 0.05) is 30.3 Å². The van der Waals surface area contributed by atoms with Crippen LogP contribution in [0.15, 0.2) is 67.3 Å². The monoisotopic (exact) mass is 267 g/mol. The summed E-state index contributed by atoms with van der Waals surface area (Å²) in [4.78, 5) is 4.04. The van der Waals surface area contributed by atoms with Crippen molar-refractivity contribution in [2.45, 2.75) is 6.54 Å². The minimum Gasteiger partial charge on any atom is -0.381 e. The summed E-state index contributed by atoms with van der Waals surface area (Å²) in [5, 5.41) is 3.33. The van der Waals surface area contributed by atoms with E-state index in [9.17, 15) is 4.39 Å². The van der Waals surface area contributed by atoms with Crippen molar-refractivity contribution in [2.75, 3.05) is 5.32 Å². The molecule has 0 fully saturated rings. The van der Waals surface area contributed by atoms with Gasteiger partial charge in [0.25, 0.3) is 0 Å². The smallest absolute Gasteiger partial charge is 0.123 e. The molecule has 2 aromatic carbocycles. The molecule has 3 rings (SSSR count). The minimum atomic E-state index is -0.212. The van der Waals surface area contributed by atoms with Crippen molar-refractivity contribution in [3.8, 4) is 5.69 Å². The number of aromatic nitrogens is 2. The number of rotatable bonds is 4. The van der Waals surface area contributed by atoms with E-state index in [1.807, 2.05) is 35.0 Å². The number of anilines is 1. The number of imidazole rings is 1. The topological polar surface area (TPSA) is 29.9 Å². The summed E-state index contributed by atoms with van der Waals surface area (Å²) in [7, 11) is 0. The van der Waals surface area contributed by atoms with Gasteiger partial charge in [-0.15, -0.1) is 0 Å². The fourth-order valence-corrected chi connectivity index (χ4v) is 1.99. The Hall–Kier alpha value is -2.62. The fourth-order valence-electron chi connectivity index (χ4n) is 1.99. The SMILES string of the molecule is Fc1ccc(CNc2cccc(-n3ccnc3)c2)cc1. The zero-order valence-electron chi connectivity index (χ0n) is 10.8. The molecule has 0 bridgehead atoms. The highest BCUT2D eigenvalue weighted by molar-refractivity contribution is 5.51. The Morgan fingerprint density at radius 3 is 2.70 bits per heavy atom. The Morgan fingerprint density at radius 2 is 1.95 bits per heavy atom. The molecule has 20 heavy (non-hydrogen) atoms. The second kappa shape index (κ2) is 5.57. The van der Waals surface area contributed by atoms with Gasteiger partial charge in [-0.3, -0.25) is 0 Å². The number of nitrogens with zero attached hydrogens (tertiary/aromatic N) is 2. The third-order valence-electron chi connectivity index (χ3n) is 3.06. The van der Waals surface area contributed by atoms with Gasteiger partial charge in [-0.2, -0.15) is 0 Å². The van der Waals surface area contributed by atoms with E-state index in [2.05, 4.69) is 10.3 Å². The molecule has 1 N–H and O–H groups in total. The van der Waals surface area contributed by atoms with E-state index in [0.29, 0.717) is 6.54 Å². The molecule has 1 heterocycles. The van der Waals surface area contributed by atoms with Crippen molar-refractivity contribution in [2.24, 2.45) is 0 Å². The van der Waals surface area contributed by atoms with Crippen LogP contribution >= 0.6 is 0 Å². The van der Waals surface area contributed by atoms with Crippen LogP contribution in [-0.4, -0.2) is 9.55 Å². The first kappa shape index (κ1) is 12.4. The van der Waals surface area contributed by atoms with Crippen LogP contribution in [0.25, 0.3) is 5.69 Å². The van der Waals surface area contributed by atoms with Gasteiger partial charge in [-0.05, 0) is 35.9 Å². The van der Waals surface area contributed by atoms with Gasteiger partial charge in [0.2, 0.25) is 0 Å². The van der Waals surface area contributed by atoms with Crippen LogP contribution in [0.5, 0.6) is 0 Å². The highest BCUT2D eigenvalue weighted by atomic mass is 19.1. The molecular formula is C16H14FN3. The molecule has 0 radical (unpaired) electrons. The first-order valence-corrected chi connectivity index (χ1v) is 6.38. The maximum atomic E-state index is 12.8. The molecule has 0 saturated heterocycles. The molecule has 0 aliphatic rings. The van der Waals surface area contributed by atoms with E-state index >= 15 is 0 Å². The van der Waals surface area contributed by atoms with Gasteiger partial charge < -0.3 is 9.88 Å². The molecule has 0 spiro atoms. The van der Waals surface area contributed by atoms with Gasteiger partial charge in [-0.25, -0.2) is 9.37 Å². The summed E-state index contributed by atoms with van der Waals surface area (Å²) < 4.78 is 14.8. The lowest BCUT2D eigenvalue weighted by atomic mass is 10.2. The lowest BCUT2D eigenvalue weighted by Crippen LogP contribution is -2.00. The van der Waals surface area contributed by atoms with E-state index in [4.69, 9.17) is 0 Å². The van der Waals surface area contributed by atoms with E-state index in [-0.39, 0.29) is 5.82 Å². The number of hydrogen-bond donors (Lipinski definition) is 1. The lowest BCUT2D eigenvalue weighted by molar-refractivity contribution is 0.627. The number of benzene rings is 2. The summed E-state index contributed by atoms with van der Waals surface area (Å²) in [6.45, 7) is 0.660. The molecule has 3 nitrogen and oxygen atoms in total. The summed E-state index contributed by atoms with van der Waals surface area (Å²) in [5.41, 5.74) is 3.10. The maximum absolute atomic E-state index is 12.8. The predicted molar refractivity (Wildman–Crippen MR) is 77.3 cm³/mol. The van der Waals surface area contributed by atoms with Crippen molar-refractivity contribution in [1.29, 1.82) is 0 Å². The summed E-state index contributed by atoms with van der Waals surface area (Å²) >= 11 is 0. The summed E-state index contributed by atoms with van der Waals surface area (Å²) in [6.07, 6.45) is 5.41. The first-order valence-electron chi connectivity index (χ1n) is 6.38. The fraction of sp³-hybridized carbons (Fsp3) is 0.0625. The van der Waals surface area contributed by atoms with Crippen molar-refractivity contribution < 1.29 is 4.39 Å². The maximum Gasteiger partial charge on any atom is 0.123 e. The van der Waals surface area contributed by atoms with E-state index in [1.165, 1.54) is 12.1 Å². The zero-order chi connectivity index (χ0) is 13.8. The van der Waals surface area contributed by atoms with E-state index in [0.717, 1.165) is 16.9 Å². The number of halogens is 1. The van der Waals surface area contributed by atoms with Crippen molar-refractivity contribution in [3.05, 3.63) is 78.6 Å². The van der Waals surface area contributed by atoms with E-state index in [1.54, 1.807) is 24.7 Å². The zero-order valence-corrected chi connectivity index (χ0v) is 10.8. The van der Waals surface area contributed by atoms with Crippen LogP contribution in [-0.2, 0) is 6.54 Å². The summed E-state index contributed by atoms with van der Waals surface area (Å²) in [5.74, 6) is -0.212. The van der Waals surface area contributed by atoms with Crippen molar-refractivity contribution in [3.63, 3.8) is 0 Å². The van der Waals surface area contributed by atoms with Gasteiger partial charge in [0.05, 0.1) is 6.33 Å². The Morgan fingerprint density at radius 1 is 1.10 bits per heavy atom. The van der Waals surface area contributed by atoms with Crippen molar-refractivity contribution in [1.82, 2.24) is 9.55 Å². The van der Waals surface area contributed by atoms with Gasteiger partial charge in [0.15, 0.2) is 0 Å². The highest BCUT2D eigenvalue weighted by Crippen LogP contribution is 2.15. The third kappa shape index (κ3) is 2.85. The van der Waals surface area contributed by atoms with E-state index < -0.39 is 0 Å². The second-order valence-corrected chi connectivity index (χ2v) is 4.50. The quantitative estimate of drug-likeness (QED) is 0.782. The number of hydrogen-bond acceptors (Lipinski definition) is 2. The second-order valence-electron chi connectivity index (χ2n) is 4.50. The highest BCUT2D eigenvalue weighted by Gasteiger charge is 1.98. The molecule has 100 valence electrons. The van der Waals surface area contributed by atoms with Gasteiger partial charge in [-0.1, -0.05) is 18.2 Å². The average molecular weight is 267 g/mol. The molecule has 0 aliphatic heterocycles. The first-order chi connectivity index (χ1) is 9.81. The normalized spacial score (nSPS) is 10.4. The average Bonchev–Trinajstić information content (AvgIpc) is 3.01. The largest absolute Gasteiger partial charge is 0.381 e. The van der Waals surface area contributed by atoms with Crippen molar-refractivity contribution >= 4 is 5.69 Å². The molecule has 0 amide bonds. The Bertz CT molecular complexity index is 675. The Balaban J connectivity index is 1.72. The standard InChI is InChI=1S/C16H14FN3/c17-14-6-4-13(5-7-14)11-19-15-2-1-3-16(10-15)20-9-8-18-12-20/h1-10,12,19H,11H2. The third-order valence-corrected chi connectivity index (χ3v) is 3.06. The molecule has 1 aromatic heterocycles. The summed E-state index contributed by atoms with van der Waals surface area (Å²) in [6, 6.07) is 14.6. The van der Waals surface area contributed by atoms with Crippen LogP contribution in [0.2, 0.25) is 0 Å².